The molecule has 3 aromatic rings. The molecular weight excluding hydrogens is 604 g/mol. The first-order chi connectivity index (χ1) is 22.7. The van der Waals surface area contributed by atoms with Crippen molar-refractivity contribution in [1.29, 1.82) is 0 Å². The van der Waals surface area contributed by atoms with Crippen LogP contribution in [0.25, 0.3) is 16.3 Å². The van der Waals surface area contributed by atoms with Crippen LogP contribution in [-0.4, -0.2) is 50.6 Å². The number of nitrogens with zero attached hydrogens (tertiary/aromatic N) is 2. The van der Waals surface area contributed by atoms with Crippen LogP contribution in [0.1, 0.15) is 91.3 Å². The van der Waals surface area contributed by atoms with E-state index in [1.165, 1.54) is 6.92 Å². The number of carbonyl (C=O) groups excluding carboxylic acids is 2. The normalized spacial score (nSPS) is 40.1. The minimum Gasteiger partial charge on any atom is -0.458 e. The SMILES string of the molecule is CC(=O)O[C@H]1C[C@@]2(C)[C@@H](C[C@@H](O)[C@H]3[C@@]4(C)CC[C@@H](O)[C@](C)([n+]5cc(CN)n[nH]5)[C@@H]4CC[C@@]32C)/C1=C(/C(C)=O)c1ccc2ccccc2c1. The van der Waals surface area contributed by atoms with Crippen molar-refractivity contribution in [1.82, 2.24) is 10.3 Å². The molecule has 4 aliphatic carbocycles. The first kappa shape index (κ1) is 33.1. The zero-order valence-corrected chi connectivity index (χ0v) is 29.1. The quantitative estimate of drug-likeness (QED) is 0.173. The zero-order valence-electron chi connectivity index (χ0n) is 29.1. The molecule has 4 saturated carbocycles. The average Bonchev–Trinajstić information content (AvgIpc) is 3.63. The summed E-state index contributed by atoms with van der Waals surface area (Å²) in [5.41, 5.74) is 7.27. The van der Waals surface area contributed by atoms with E-state index in [9.17, 15) is 19.8 Å². The van der Waals surface area contributed by atoms with Crippen molar-refractivity contribution in [3.63, 3.8) is 0 Å². The summed E-state index contributed by atoms with van der Waals surface area (Å²) in [5.74, 6) is -0.607. The van der Waals surface area contributed by atoms with Gasteiger partial charge in [-0.3, -0.25) is 9.59 Å². The van der Waals surface area contributed by atoms with Crippen molar-refractivity contribution in [2.75, 3.05) is 0 Å². The number of fused-ring (bicyclic) bond motifs is 6. The summed E-state index contributed by atoms with van der Waals surface area (Å²) in [7, 11) is 0. The molecule has 0 radical (unpaired) electrons. The van der Waals surface area contributed by atoms with Crippen molar-refractivity contribution < 1.29 is 29.2 Å². The summed E-state index contributed by atoms with van der Waals surface area (Å²) in [6.45, 7) is 12.4. The number of allylic oxidation sites excluding steroid dienone is 1. The van der Waals surface area contributed by atoms with Gasteiger partial charge in [-0.1, -0.05) is 62.4 Å². The Labute approximate surface area is 282 Å². The largest absolute Gasteiger partial charge is 0.458 e. The van der Waals surface area contributed by atoms with Gasteiger partial charge in [0.2, 0.25) is 5.69 Å². The van der Waals surface area contributed by atoms with E-state index < -0.39 is 23.9 Å². The molecule has 0 bridgehead atoms. The zero-order chi connectivity index (χ0) is 34.4. The fourth-order valence-electron chi connectivity index (χ4n) is 11.8. The van der Waals surface area contributed by atoms with Crippen LogP contribution in [0.2, 0.25) is 0 Å². The van der Waals surface area contributed by atoms with Gasteiger partial charge in [0.15, 0.2) is 17.5 Å². The standard InChI is InChI=1S/C39H50N4O5/c1-22(44)33(26-12-11-24-9-7-8-10-25(24)17-26)34-28-18-29(46)35-36(3)15-14-32(47)39(6,43-21-27(20-40)41-42-43)31(36)13-16-37(35,4)38(28,5)19-30(34)48-23(2)45/h7-12,17,21,28-32,35,46-47H,13-16,18-20,40H2,1-6H3/p+1/b34-33+/t28-,29+,30-,31+,32+,35-,36-,37-,38-,39+/m0/s1. The van der Waals surface area contributed by atoms with Crippen molar-refractivity contribution in [2.45, 2.75) is 110 Å². The lowest BCUT2D eigenvalue weighted by Crippen LogP contribution is -2.75. The number of ketones is 1. The smallest absolute Gasteiger partial charge is 0.303 e. The van der Waals surface area contributed by atoms with Crippen LogP contribution in [0.3, 0.4) is 0 Å². The number of carbonyl (C=O) groups is 2. The summed E-state index contributed by atoms with van der Waals surface area (Å²) in [5, 5.41) is 33.8. The molecule has 2 aromatic carbocycles. The highest BCUT2D eigenvalue weighted by Crippen LogP contribution is 2.75. The summed E-state index contributed by atoms with van der Waals surface area (Å²) in [4.78, 5) is 26.4. The molecule has 0 saturated heterocycles. The van der Waals surface area contributed by atoms with Gasteiger partial charge in [-0.15, -0.1) is 0 Å². The summed E-state index contributed by atoms with van der Waals surface area (Å²) in [6, 6.07) is 14.2. The third kappa shape index (κ3) is 4.53. The molecular formula is C39H51N4O5+. The highest BCUT2D eigenvalue weighted by Gasteiger charge is 2.73. The van der Waals surface area contributed by atoms with Crippen LogP contribution in [0.5, 0.6) is 0 Å². The van der Waals surface area contributed by atoms with Crippen LogP contribution in [0.15, 0.2) is 54.2 Å². The van der Waals surface area contributed by atoms with E-state index in [4.69, 9.17) is 10.5 Å². The van der Waals surface area contributed by atoms with Crippen molar-refractivity contribution >= 4 is 28.1 Å². The molecule has 9 heteroatoms. The number of benzene rings is 2. The molecule has 5 N–H and O–H groups in total. The molecule has 7 rings (SSSR count). The Hall–Kier alpha value is -3.40. The predicted octanol–water partition coefficient (Wildman–Crippen LogP) is 4.98. The number of aliphatic hydroxyl groups is 2. The average molecular weight is 656 g/mol. The Balaban J connectivity index is 1.36. The highest BCUT2D eigenvalue weighted by atomic mass is 16.5. The minimum absolute atomic E-state index is 0.0590. The van der Waals surface area contributed by atoms with Crippen LogP contribution in [0.4, 0.5) is 0 Å². The lowest BCUT2D eigenvalue weighted by Gasteiger charge is -2.69. The minimum atomic E-state index is -0.662. The van der Waals surface area contributed by atoms with Crippen LogP contribution >= 0.6 is 0 Å². The van der Waals surface area contributed by atoms with E-state index in [0.29, 0.717) is 31.4 Å². The van der Waals surface area contributed by atoms with Crippen molar-refractivity contribution in [3.8, 4) is 0 Å². The summed E-state index contributed by atoms with van der Waals surface area (Å²) in [6.07, 6.45) is 4.25. The Morgan fingerprint density at radius 2 is 1.75 bits per heavy atom. The van der Waals surface area contributed by atoms with Gasteiger partial charge in [-0.2, -0.15) is 4.68 Å². The molecule has 9 nitrogen and oxygen atoms in total. The number of H-pyrrole nitrogens is 1. The Kier molecular flexibility index (Phi) is 7.81. The molecule has 10 atom stereocenters. The topological polar surface area (TPSA) is 142 Å². The number of ether oxygens (including phenoxy) is 1. The van der Waals surface area contributed by atoms with Gasteiger partial charge >= 0.3 is 5.97 Å². The number of hydrogen-bond donors (Lipinski definition) is 4. The first-order valence-electron chi connectivity index (χ1n) is 17.6. The number of esters is 1. The molecule has 0 aliphatic heterocycles. The van der Waals surface area contributed by atoms with Crippen LogP contribution in [-0.2, 0) is 26.4 Å². The third-order valence-electron chi connectivity index (χ3n) is 14.0. The van der Waals surface area contributed by atoms with E-state index >= 15 is 0 Å². The lowest BCUT2D eigenvalue weighted by molar-refractivity contribution is -0.831. The number of Topliss-reactive ketones (excluding diaryl/α,β-unsaturated/α-hetero) is 1. The molecule has 256 valence electrons. The molecule has 4 aliphatic rings. The second-order valence-electron chi connectivity index (χ2n) is 16.2. The second-order valence-corrected chi connectivity index (χ2v) is 16.2. The van der Waals surface area contributed by atoms with Crippen LogP contribution < -0.4 is 10.4 Å². The monoisotopic (exact) mass is 655 g/mol. The molecule has 4 fully saturated rings. The highest BCUT2D eigenvalue weighted by molar-refractivity contribution is 6.21. The molecule has 0 spiro atoms. The first-order valence-corrected chi connectivity index (χ1v) is 17.6. The number of aliphatic hydroxyl groups excluding tert-OH is 2. The van der Waals surface area contributed by atoms with Gasteiger partial charge < -0.3 is 20.7 Å². The summed E-state index contributed by atoms with van der Waals surface area (Å²) < 4.78 is 8.10. The van der Waals surface area contributed by atoms with E-state index in [2.05, 4.69) is 50.1 Å². The third-order valence-corrected chi connectivity index (χ3v) is 14.0. The fourth-order valence-corrected chi connectivity index (χ4v) is 11.8. The van der Waals surface area contributed by atoms with Crippen molar-refractivity contribution in [2.24, 2.45) is 39.7 Å². The molecule has 48 heavy (non-hydrogen) atoms. The van der Waals surface area contributed by atoms with Gasteiger partial charge in [-0.05, 0) is 108 Å². The maximum atomic E-state index is 13.7. The number of rotatable bonds is 5. The molecule has 1 heterocycles. The van der Waals surface area contributed by atoms with E-state index in [1.807, 2.05) is 41.2 Å². The number of nitrogens with one attached hydrogen (secondary N) is 1. The van der Waals surface area contributed by atoms with E-state index in [0.717, 1.165) is 46.9 Å². The van der Waals surface area contributed by atoms with Gasteiger partial charge in [-0.25, -0.2) is 0 Å². The predicted molar refractivity (Wildman–Crippen MR) is 182 cm³/mol. The Morgan fingerprint density at radius 3 is 2.42 bits per heavy atom. The number of hydrogen-bond acceptors (Lipinski definition) is 7. The summed E-state index contributed by atoms with van der Waals surface area (Å²) >= 11 is 0. The Morgan fingerprint density at radius 1 is 1.02 bits per heavy atom. The fraction of sp³-hybridized carbons (Fsp3) is 0.590. The number of aromatic nitrogens is 3. The molecule has 0 amide bonds. The van der Waals surface area contributed by atoms with Crippen LogP contribution in [0, 0.1) is 34.0 Å². The van der Waals surface area contributed by atoms with Gasteiger partial charge in [0.1, 0.15) is 6.10 Å². The second kappa shape index (κ2) is 11.3. The maximum Gasteiger partial charge on any atom is 0.303 e. The number of nitrogens with two attached hydrogens (primary N) is 1. The maximum absolute atomic E-state index is 13.7. The van der Waals surface area contributed by atoms with E-state index in [1.54, 1.807) is 6.92 Å². The lowest BCUT2D eigenvalue weighted by atomic mass is 9.35. The number of aromatic amines is 1. The Bertz CT molecular complexity index is 1820. The molecule has 0 unspecified atom stereocenters. The van der Waals surface area contributed by atoms with Gasteiger partial charge in [0, 0.05) is 23.5 Å². The van der Waals surface area contributed by atoms with Gasteiger partial charge in [0.05, 0.1) is 18.8 Å². The van der Waals surface area contributed by atoms with Gasteiger partial charge in [0.25, 0.3) is 0 Å². The molecule has 1 aromatic heterocycles. The van der Waals surface area contributed by atoms with Crippen molar-refractivity contribution in [3.05, 3.63) is 65.5 Å². The van der Waals surface area contributed by atoms with E-state index in [-0.39, 0.29) is 45.8 Å².